The van der Waals surface area contributed by atoms with Crippen LogP contribution in [0.25, 0.3) is 10.9 Å². The van der Waals surface area contributed by atoms with Crippen molar-refractivity contribution in [3.63, 3.8) is 0 Å². The number of hydrogen-bond acceptors (Lipinski definition) is 3. The van der Waals surface area contributed by atoms with Gasteiger partial charge in [-0.3, -0.25) is 4.79 Å². The summed E-state index contributed by atoms with van der Waals surface area (Å²) in [6.45, 7) is 1.69. The van der Waals surface area contributed by atoms with E-state index in [2.05, 4.69) is 0 Å². The van der Waals surface area contributed by atoms with E-state index in [1.165, 1.54) is 0 Å². The van der Waals surface area contributed by atoms with E-state index >= 15 is 0 Å². The fourth-order valence-electron chi connectivity index (χ4n) is 3.70. The third-order valence-electron chi connectivity index (χ3n) is 5.15. The molecule has 1 aliphatic heterocycles. The molecule has 7 heteroatoms. The fourth-order valence-corrected chi connectivity index (χ4v) is 5.60. The number of rotatable bonds is 5. The Morgan fingerprint density at radius 3 is 2.43 bits per heavy atom. The van der Waals surface area contributed by atoms with Crippen molar-refractivity contribution in [2.75, 3.05) is 13.1 Å². The zero-order valence-corrected chi connectivity index (χ0v) is 16.9. The molecule has 0 N–H and O–H groups in total. The molecule has 0 radical (unpaired) electrons. The van der Waals surface area contributed by atoms with Crippen molar-refractivity contribution < 1.29 is 13.2 Å². The van der Waals surface area contributed by atoms with E-state index in [9.17, 15) is 13.2 Å². The Labute approximate surface area is 169 Å². The van der Waals surface area contributed by atoms with Gasteiger partial charge in [0, 0.05) is 35.2 Å². The van der Waals surface area contributed by atoms with Crippen LogP contribution in [0.2, 0.25) is 5.02 Å². The van der Waals surface area contributed by atoms with Crippen molar-refractivity contribution in [1.82, 2.24) is 9.47 Å². The van der Waals surface area contributed by atoms with Crippen LogP contribution in [0.3, 0.4) is 0 Å². The predicted molar refractivity (Wildman–Crippen MR) is 110 cm³/mol. The number of halogens is 1. The molecular weight excluding hydrogens is 396 g/mol. The maximum Gasteiger partial charge on any atom is 0.242 e. The number of para-hydroxylation sites is 1. The lowest BCUT2D eigenvalue weighted by Gasteiger charge is -2.15. The van der Waals surface area contributed by atoms with Crippen LogP contribution in [0.4, 0.5) is 0 Å². The minimum absolute atomic E-state index is 0.0216. The van der Waals surface area contributed by atoms with Gasteiger partial charge >= 0.3 is 0 Å². The van der Waals surface area contributed by atoms with Gasteiger partial charge in [0.1, 0.15) is 6.54 Å². The molecule has 1 amide bonds. The van der Waals surface area contributed by atoms with Crippen LogP contribution in [0.15, 0.2) is 59.6 Å². The first-order valence-electron chi connectivity index (χ1n) is 9.27. The number of benzene rings is 2. The Balaban J connectivity index is 1.71. The molecule has 2 aromatic carbocycles. The third kappa shape index (κ3) is 3.66. The minimum Gasteiger partial charge on any atom is -0.341 e. The van der Waals surface area contributed by atoms with Gasteiger partial charge < -0.3 is 9.47 Å². The third-order valence-corrected chi connectivity index (χ3v) is 7.21. The lowest BCUT2D eigenvalue weighted by Crippen LogP contribution is -2.30. The highest BCUT2D eigenvalue weighted by atomic mass is 35.5. The van der Waals surface area contributed by atoms with Gasteiger partial charge in [-0.25, -0.2) is 8.42 Å². The average Bonchev–Trinajstić information content (AvgIpc) is 3.33. The molecule has 0 saturated carbocycles. The lowest BCUT2D eigenvalue weighted by molar-refractivity contribution is -0.130. The molecule has 0 spiro atoms. The Hall–Kier alpha value is -2.31. The largest absolute Gasteiger partial charge is 0.341 e. The number of carbonyl (C=O) groups excluding carboxylic acids is 1. The van der Waals surface area contributed by atoms with Gasteiger partial charge in [-0.15, -0.1) is 0 Å². The molecule has 0 atom stereocenters. The summed E-state index contributed by atoms with van der Waals surface area (Å²) in [5.41, 5.74) is 1.31. The summed E-state index contributed by atoms with van der Waals surface area (Å²) in [6.07, 6.45) is 3.63. The van der Waals surface area contributed by atoms with Crippen LogP contribution in [0.5, 0.6) is 0 Å². The Bertz CT molecular complexity index is 1130. The van der Waals surface area contributed by atoms with E-state index < -0.39 is 9.84 Å². The second kappa shape index (κ2) is 7.60. The quantitative estimate of drug-likeness (QED) is 0.634. The number of amides is 1. The Kier molecular flexibility index (Phi) is 5.17. The predicted octanol–water partition coefficient (Wildman–Crippen LogP) is 3.89. The van der Waals surface area contributed by atoms with Gasteiger partial charge in [0.15, 0.2) is 9.84 Å². The summed E-state index contributed by atoms with van der Waals surface area (Å²) in [6, 6.07) is 14.2. The topological polar surface area (TPSA) is 59.4 Å². The van der Waals surface area contributed by atoms with Crippen molar-refractivity contribution in [3.05, 3.63) is 65.3 Å². The van der Waals surface area contributed by atoms with Gasteiger partial charge in [0.2, 0.25) is 5.91 Å². The second-order valence-corrected chi connectivity index (χ2v) is 9.44. The molecular formula is C21H21ClN2O3S. The zero-order valence-electron chi connectivity index (χ0n) is 15.3. The molecule has 5 nitrogen and oxygen atoms in total. The van der Waals surface area contributed by atoms with Gasteiger partial charge in [0.05, 0.1) is 10.6 Å². The molecule has 2 heterocycles. The normalized spacial score (nSPS) is 14.7. The van der Waals surface area contributed by atoms with E-state index in [0.29, 0.717) is 16.0 Å². The van der Waals surface area contributed by atoms with E-state index in [1.54, 1.807) is 41.1 Å². The molecule has 1 aliphatic rings. The summed E-state index contributed by atoms with van der Waals surface area (Å²) >= 11 is 6.16. The second-order valence-electron chi connectivity index (χ2n) is 7.08. The Morgan fingerprint density at radius 1 is 1.00 bits per heavy atom. The summed E-state index contributed by atoms with van der Waals surface area (Å²) in [4.78, 5) is 14.7. The van der Waals surface area contributed by atoms with Gasteiger partial charge in [-0.1, -0.05) is 48.0 Å². The first kappa shape index (κ1) is 19.0. The van der Waals surface area contributed by atoms with Crippen LogP contribution in [-0.2, 0) is 26.9 Å². The van der Waals surface area contributed by atoms with Crippen LogP contribution >= 0.6 is 11.6 Å². The standard InChI is InChI=1S/C21H21ClN2O3S/c22-18-9-3-1-7-16(18)15-28(26,27)20-13-24(19-10-4-2-8-17(19)20)14-21(25)23-11-5-6-12-23/h1-4,7-10,13H,5-6,11-12,14-15H2. The van der Waals surface area contributed by atoms with Crippen LogP contribution in [0, 0.1) is 0 Å². The number of likely N-dealkylation sites (tertiary alicyclic amines) is 1. The minimum atomic E-state index is -3.63. The number of hydrogen-bond donors (Lipinski definition) is 0. The summed E-state index contributed by atoms with van der Waals surface area (Å²) in [5.74, 6) is -0.158. The Morgan fingerprint density at radius 2 is 1.68 bits per heavy atom. The smallest absolute Gasteiger partial charge is 0.242 e. The first-order chi connectivity index (χ1) is 13.5. The summed E-state index contributed by atoms with van der Waals surface area (Å²) < 4.78 is 28.1. The number of aromatic nitrogens is 1. The van der Waals surface area contributed by atoms with Crippen LogP contribution < -0.4 is 0 Å². The number of fused-ring (bicyclic) bond motifs is 1. The fraction of sp³-hybridized carbons (Fsp3) is 0.286. The highest BCUT2D eigenvalue weighted by Crippen LogP contribution is 2.29. The monoisotopic (exact) mass is 416 g/mol. The SMILES string of the molecule is O=C(Cn1cc(S(=O)(=O)Cc2ccccc2Cl)c2ccccc21)N1CCCC1. The zero-order chi connectivity index (χ0) is 19.7. The van der Waals surface area contributed by atoms with Crippen LogP contribution in [-0.4, -0.2) is 36.9 Å². The number of nitrogens with zero attached hydrogens (tertiary/aromatic N) is 2. The highest BCUT2D eigenvalue weighted by molar-refractivity contribution is 7.90. The van der Waals surface area contributed by atoms with Crippen molar-refractivity contribution in [2.45, 2.75) is 30.0 Å². The summed E-state index contributed by atoms with van der Waals surface area (Å²) in [5, 5.41) is 1.06. The molecule has 4 rings (SSSR count). The van der Waals surface area contributed by atoms with E-state index in [4.69, 9.17) is 11.6 Å². The van der Waals surface area contributed by atoms with E-state index in [-0.39, 0.29) is 23.1 Å². The molecule has 1 fully saturated rings. The van der Waals surface area contributed by atoms with Crippen molar-refractivity contribution in [1.29, 1.82) is 0 Å². The molecule has 0 unspecified atom stereocenters. The molecule has 3 aromatic rings. The molecule has 0 aliphatic carbocycles. The molecule has 1 saturated heterocycles. The van der Waals surface area contributed by atoms with Crippen LogP contribution in [0.1, 0.15) is 18.4 Å². The molecule has 0 bridgehead atoms. The molecule has 146 valence electrons. The maximum atomic E-state index is 13.2. The number of carbonyl (C=O) groups is 1. The van der Waals surface area contributed by atoms with Gasteiger partial charge in [0.25, 0.3) is 0 Å². The maximum absolute atomic E-state index is 13.2. The highest BCUT2D eigenvalue weighted by Gasteiger charge is 2.24. The van der Waals surface area contributed by atoms with E-state index in [0.717, 1.165) is 31.4 Å². The lowest BCUT2D eigenvalue weighted by atomic mass is 10.2. The van der Waals surface area contributed by atoms with Gasteiger partial charge in [-0.05, 0) is 30.5 Å². The van der Waals surface area contributed by atoms with Crippen molar-refractivity contribution in [2.24, 2.45) is 0 Å². The first-order valence-corrected chi connectivity index (χ1v) is 11.3. The molecule has 1 aromatic heterocycles. The number of sulfone groups is 1. The van der Waals surface area contributed by atoms with Crippen molar-refractivity contribution >= 4 is 38.2 Å². The molecule has 28 heavy (non-hydrogen) atoms. The summed E-state index contributed by atoms with van der Waals surface area (Å²) in [7, 11) is -3.63. The van der Waals surface area contributed by atoms with Crippen molar-refractivity contribution in [3.8, 4) is 0 Å². The van der Waals surface area contributed by atoms with Gasteiger partial charge in [-0.2, -0.15) is 0 Å². The van der Waals surface area contributed by atoms with E-state index in [1.807, 2.05) is 23.1 Å². The average molecular weight is 417 g/mol.